The van der Waals surface area contributed by atoms with Crippen LogP contribution in [0.1, 0.15) is 40.5 Å². The SMILES string of the molecule is CCC1(CC)CN=C(NC(C)C)SC1. The molecule has 0 aromatic heterocycles. The summed E-state index contributed by atoms with van der Waals surface area (Å²) in [5, 5.41) is 4.52. The fourth-order valence-corrected chi connectivity index (χ4v) is 2.98. The summed E-state index contributed by atoms with van der Waals surface area (Å²) in [4.78, 5) is 4.63. The van der Waals surface area contributed by atoms with Crippen LogP contribution < -0.4 is 5.32 Å². The molecule has 0 spiro atoms. The normalized spacial score (nSPS) is 20.8. The molecule has 0 fully saturated rings. The van der Waals surface area contributed by atoms with E-state index < -0.39 is 0 Å². The first-order chi connectivity index (χ1) is 6.62. The Hall–Kier alpha value is -0.180. The molecule has 82 valence electrons. The molecule has 0 aromatic rings. The van der Waals surface area contributed by atoms with Crippen molar-refractivity contribution in [2.45, 2.75) is 46.6 Å². The molecule has 1 N–H and O–H groups in total. The Morgan fingerprint density at radius 2 is 2.07 bits per heavy atom. The van der Waals surface area contributed by atoms with Gasteiger partial charge in [0.25, 0.3) is 0 Å². The van der Waals surface area contributed by atoms with E-state index in [9.17, 15) is 0 Å². The largest absolute Gasteiger partial charge is 0.363 e. The average molecular weight is 214 g/mol. The first-order valence-corrected chi connectivity index (χ1v) is 6.54. The first kappa shape index (κ1) is 11.9. The lowest BCUT2D eigenvalue weighted by atomic mass is 9.84. The molecule has 0 aromatic carbocycles. The second kappa shape index (κ2) is 5.06. The number of nitrogens with one attached hydrogen (secondary N) is 1. The number of thioether (sulfide) groups is 1. The van der Waals surface area contributed by atoms with Crippen LogP contribution in [-0.2, 0) is 0 Å². The lowest BCUT2D eigenvalue weighted by molar-refractivity contribution is 0.318. The van der Waals surface area contributed by atoms with E-state index in [-0.39, 0.29) is 0 Å². The Labute approximate surface area is 92.0 Å². The Morgan fingerprint density at radius 3 is 2.43 bits per heavy atom. The van der Waals surface area contributed by atoms with Gasteiger partial charge in [0.2, 0.25) is 0 Å². The average Bonchev–Trinajstić information content (AvgIpc) is 2.19. The van der Waals surface area contributed by atoms with E-state index >= 15 is 0 Å². The third-order valence-electron chi connectivity index (χ3n) is 2.99. The number of hydrogen-bond donors (Lipinski definition) is 1. The minimum Gasteiger partial charge on any atom is -0.363 e. The van der Waals surface area contributed by atoms with Gasteiger partial charge in [0.05, 0.1) is 0 Å². The van der Waals surface area contributed by atoms with Crippen LogP contribution in [0.25, 0.3) is 0 Å². The lowest BCUT2D eigenvalue weighted by Gasteiger charge is -2.33. The molecule has 0 amide bonds. The molecule has 1 aliphatic rings. The van der Waals surface area contributed by atoms with E-state index in [2.05, 4.69) is 38.0 Å². The lowest BCUT2D eigenvalue weighted by Crippen LogP contribution is -2.36. The highest BCUT2D eigenvalue weighted by atomic mass is 32.2. The maximum absolute atomic E-state index is 4.63. The number of amidine groups is 1. The summed E-state index contributed by atoms with van der Waals surface area (Å²) in [5.41, 5.74) is 0.465. The standard InChI is InChI=1S/C11H22N2S/c1-5-11(6-2)7-12-10(14-8-11)13-9(3)4/h9H,5-8H2,1-4H3,(H,12,13). The Morgan fingerprint density at radius 1 is 1.43 bits per heavy atom. The third-order valence-corrected chi connectivity index (χ3v) is 4.26. The zero-order valence-corrected chi connectivity index (χ0v) is 10.6. The van der Waals surface area contributed by atoms with Crippen LogP contribution >= 0.6 is 11.8 Å². The highest BCUT2D eigenvalue weighted by molar-refractivity contribution is 8.13. The van der Waals surface area contributed by atoms with Gasteiger partial charge >= 0.3 is 0 Å². The van der Waals surface area contributed by atoms with Gasteiger partial charge in [-0.25, -0.2) is 0 Å². The molecule has 14 heavy (non-hydrogen) atoms. The van der Waals surface area contributed by atoms with Crippen molar-refractivity contribution in [1.29, 1.82) is 0 Å². The fourth-order valence-electron chi connectivity index (χ4n) is 1.56. The molecule has 0 bridgehead atoms. The summed E-state index contributed by atoms with van der Waals surface area (Å²) in [5.74, 6) is 1.22. The van der Waals surface area contributed by atoms with Crippen LogP contribution in [0.3, 0.4) is 0 Å². The number of hydrogen-bond acceptors (Lipinski definition) is 3. The van der Waals surface area contributed by atoms with E-state index in [1.807, 2.05) is 11.8 Å². The number of rotatable bonds is 3. The molecule has 1 heterocycles. The molecule has 0 radical (unpaired) electrons. The second-order valence-electron chi connectivity index (χ2n) is 4.42. The molecule has 0 unspecified atom stereocenters. The predicted octanol–water partition coefficient (Wildman–Crippen LogP) is 2.89. The van der Waals surface area contributed by atoms with E-state index in [4.69, 9.17) is 0 Å². The van der Waals surface area contributed by atoms with E-state index in [1.54, 1.807) is 0 Å². The van der Waals surface area contributed by atoms with Crippen molar-refractivity contribution in [1.82, 2.24) is 5.32 Å². The summed E-state index contributed by atoms with van der Waals surface area (Å²) < 4.78 is 0. The molecule has 1 aliphatic heterocycles. The molecule has 0 aliphatic carbocycles. The van der Waals surface area contributed by atoms with Crippen molar-refractivity contribution in [3.05, 3.63) is 0 Å². The van der Waals surface area contributed by atoms with Gasteiger partial charge < -0.3 is 5.32 Å². The molecule has 0 saturated carbocycles. The van der Waals surface area contributed by atoms with Gasteiger partial charge in [0, 0.05) is 18.3 Å². The van der Waals surface area contributed by atoms with E-state index in [1.165, 1.54) is 18.6 Å². The molecule has 3 heteroatoms. The minimum atomic E-state index is 0.465. The molecular formula is C11H22N2S. The Kier molecular flexibility index (Phi) is 4.30. The molecular weight excluding hydrogens is 192 g/mol. The number of nitrogens with zero attached hydrogens (tertiary/aromatic N) is 1. The third kappa shape index (κ3) is 2.91. The molecule has 1 rings (SSSR count). The van der Waals surface area contributed by atoms with Crippen LogP contribution in [0, 0.1) is 5.41 Å². The Bertz CT molecular complexity index is 207. The van der Waals surface area contributed by atoms with Crippen LogP contribution in [0.15, 0.2) is 4.99 Å². The predicted molar refractivity (Wildman–Crippen MR) is 66.0 cm³/mol. The van der Waals surface area contributed by atoms with Crippen LogP contribution in [0.5, 0.6) is 0 Å². The summed E-state index contributed by atoms with van der Waals surface area (Å²) in [6.07, 6.45) is 2.49. The fraction of sp³-hybridized carbons (Fsp3) is 0.909. The van der Waals surface area contributed by atoms with E-state index in [0.717, 1.165) is 11.7 Å². The molecule has 0 saturated heterocycles. The van der Waals surface area contributed by atoms with Gasteiger partial charge in [0.15, 0.2) is 5.17 Å². The van der Waals surface area contributed by atoms with Gasteiger partial charge in [0.1, 0.15) is 0 Å². The van der Waals surface area contributed by atoms with Crippen LogP contribution in [0.2, 0.25) is 0 Å². The minimum absolute atomic E-state index is 0.465. The maximum atomic E-state index is 4.63. The molecule has 0 atom stereocenters. The van der Waals surface area contributed by atoms with Gasteiger partial charge in [-0.3, -0.25) is 4.99 Å². The monoisotopic (exact) mass is 214 g/mol. The Balaban J connectivity index is 2.53. The van der Waals surface area contributed by atoms with Crippen molar-refractivity contribution in [3.8, 4) is 0 Å². The highest BCUT2D eigenvalue weighted by Crippen LogP contribution is 2.34. The quantitative estimate of drug-likeness (QED) is 0.781. The zero-order chi connectivity index (χ0) is 10.6. The summed E-state index contributed by atoms with van der Waals surface area (Å²) in [6.45, 7) is 9.87. The van der Waals surface area contributed by atoms with E-state index in [0.29, 0.717) is 11.5 Å². The first-order valence-electron chi connectivity index (χ1n) is 5.55. The highest BCUT2D eigenvalue weighted by Gasteiger charge is 2.30. The van der Waals surface area contributed by atoms with Crippen LogP contribution in [-0.4, -0.2) is 23.5 Å². The van der Waals surface area contributed by atoms with Crippen molar-refractivity contribution >= 4 is 16.9 Å². The molecule has 2 nitrogen and oxygen atoms in total. The topological polar surface area (TPSA) is 24.4 Å². The van der Waals surface area contributed by atoms with Crippen molar-refractivity contribution in [2.24, 2.45) is 10.4 Å². The second-order valence-corrected chi connectivity index (χ2v) is 5.38. The summed E-state index contributed by atoms with van der Waals surface area (Å²) >= 11 is 1.89. The van der Waals surface area contributed by atoms with Crippen LogP contribution in [0.4, 0.5) is 0 Å². The number of aliphatic imine (C=N–C) groups is 1. The van der Waals surface area contributed by atoms with Gasteiger partial charge in [-0.2, -0.15) is 0 Å². The van der Waals surface area contributed by atoms with Crippen molar-refractivity contribution in [2.75, 3.05) is 12.3 Å². The smallest absolute Gasteiger partial charge is 0.156 e. The van der Waals surface area contributed by atoms with Gasteiger partial charge in [-0.05, 0) is 32.1 Å². The van der Waals surface area contributed by atoms with Gasteiger partial charge in [-0.1, -0.05) is 25.6 Å². The van der Waals surface area contributed by atoms with Crippen molar-refractivity contribution in [3.63, 3.8) is 0 Å². The maximum Gasteiger partial charge on any atom is 0.156 e. The summed E-state index contributed by atoms with van der Waals surface area (Å²) in [6, 6.07) is 0.497. The van der Waals surface area contributed by atoms with Crippen molar-refractivity contribution < 1.29 is 0 Å². The van der Waals surface area contributed by atoms with Gasteiger partial charge in [-0.15, -0.1) is 0 Å². The zero-order valence-electron chi connectivity index (χ0n) is 9.76. The summed E-state index contributed by atoms with van der Waals surface area (Å²) in [7, 11) is 0.